The van der Waals surface area contributed by atoms with Crippen LogP contribution >= 0.6 is 23.2 Å². The van der Waals surface area contributed by atoms with Crippen molar-refractivity contribution in [3.05, 3.63) is 70.3 Å². The molecule has 0 spiro atoms. The van der Waals surface area contributed by atoms with Gasteiger partial charge in [-0.1, -0.05) is 47.5 Å². The number of ether oxygens (including phenoxy) is 2. The number of halogens is 2. The highest BCUT2D eigenvalue weighted by atomic mass is 35.5. The summed E-state index contributed by atoms with van der Waals surface area (Å²) >= 11 is 13.4. The number of hydrogen-bond donors (Lipinski definition) is 0. The van der Waals surface area contributed by atoms with E-state index in [0.29, 0.717) is 27.0 Å². The summed E-state index contributed by atoms with van der Waals surface area (Å²) in [6.45, 7) is 0. The standard InChI is InChI=1S/C24H18Cl2N2O3/c25-17-13-15-9-6-12-27-20(15)21-18(17)19(26)22(30-16-10-4-5-11-16)23(28-21)31-24(29)14-7-2-1-3-8-14/h1-3,6-9,12-13,16H,4-5,10-11H2. The van der Waals surface area contributed by atoms with Gasteiger partial charge in [-0.3, -0.25) is 4.98 Å². The van der Waals surface area contributed by atoms with Gasteiger partial charge in [-0.25, -0.2) is 9.78 Å². The van der Waals surface area contributed by atoms with E-state index in [-0.39, 0.29) is 22.8 Å². The molecule has 156 valence electrons. The molecule has 2 heterocycles. The van der Waals surface area contributed by atoms with Gasteiger partial charge in [-0.15, -0.1) is 0 Å². The lowest BCUT2D eigenvalue weighted by Crippen LogP contribution is -2.15. The summed E-state index contributed by atoms with van der Waals surface area (Å²) in [7, 11) is 0. The highest BCUT2D eigenvalue weighted by Gasteiger charge is 2.26. The number of carbonyl (C=O) groups excluding carboxylic acids is 1. The molecule has 31 heavy (non-hydrogen) atoms. The van der Waals surface area contributed by atoms with E-state index in [9.17, 15) is 4.79 Å². The number of esters is 1. The molecule has 2 aromatic heterocycles. The van der Waals surface area contributed by atoms with E-state index in [2.05, 4.69) is 9.97 Å². The summed E-state index contributed by atoms with van der Waals surface area (Å²) in [6.07, 6.45) is 5.64. The molecule has 0 amide bonds. The largest absolute Gasteiger partial charge is 0.483 e. The molecular formula is C24H18Cl2N2O3. The van der Waals surface area contributed by atoms with E-state index in [1.807, 2.05) is 18.2 Å². The first-order valence-electron chi connectivity index (χ1n) is 10.1. The van der Waals surface area contributed by atoms with Crippen molar-refractivity contribution in [2.24, 2.45) is 0 Å². The van der Waals surface area contributed by atoms with Gasteiger partial charge < -0.3 is 9.47 Å². The fourth-order valence-corrected chi connectivity index (χ4v) is 4.58. The minimum Gasteiger partial charge on any atom is -0.483 e. The second-order valence-electron chi connectivity index (χ2n) is 7.50. The van der Waals surface area contributed by atoms with Gasteiger partial charge in [0.1, 0.15) is 5.52 Å². The first-order valence-corrected chi connectivity index (χ1v) is 10.9. The lowest BCUT2D eigenvalue weighted by atomic mass is 10.1. The third kappa shape index (κ3) is 3.80. The van der Waals surface area contributed by atoms with Crippen molar-refractivity contribution in [3.8, 4) is 11.6 Å². The Morgan fingerprint density at radius 1 is 1.00 bits per heavy atom. The maximum atomic E-state index is 12.8. The Morgan fingerprint density at radius 2 is 1.77 bits per heavy atom. The molecule has 1 aliphatic carbocycles. The van der Waals surface area contributed by atoms with Gasteiger partial charge in [0, 0.05) is 17.0 Å². The maximum absolute atomic E-state index is 12.8. The number of rotatable bonds is 4. The Hall–Kier alpha value is -2.89. The minimum absolute atomic E-state index is 0.0108. The number of pyridine rings is 2. The first-order chi connectivity index (χ1) is 15.1. The van der Waals surface area contributed by atoms with Crippen molar-refractivity contribution < 1.29 is 14.3 Å². The molecule has 0 N–H and O–H groups in total. The fourth-order valence-electron chi connectivity index (χ4n) is 3.91. The zero-order valence-corrected chi connectivity index (χ0v) is 18.0. The van der Waals surface area contributed by atoms with Crippen LogP contribution in [0.5, 0.6) is 11.6 Å². The summed E-state index contributed by atoms with van der Waals surface area (Å²) in [5.41, 5.74) is 1.48. The molecular weight excluding hydrogens is 435 g/mol. The highest BCUT2D eigenvalue weighted by Crippen LogP contribution is 2.45. The van der Waals surface area contributed by atoms with Gasteiger partial charge in [-0.2, -0.15) is 0 Å². The molecule has 4 aromatic rings. The number of hydrogen-bond acceptors (Lipinski definition) is 5. The monoisotopic (exact) mass is 452 g/mol. The van der Waals surface area contributed by atoms with Gasteiger partial charge in [0.05, 0.1) is 27.2 Å². The molecule has 0 aliphatic heterocycles. The Morgan fingerprint density at radius 3 is 2.55 bits per heavy atom. The number of fused-ring (bicyclic) bond motifs is 3. The minimum atomic E-state index is -0.543. The summed E-state index contributed by atoms with van der Waals surface area (Å²) in [6, 6.07) is 14.2. The molecule has 5 rings (SSSR count). The molecule has 7 heteroatoms. The van der Waals surface area contributed by atoms with Crippen molar-refractivity contribution in [3.63, 3.8) is 0 Å². The van der Waals surface area contributed by atoms with Crippen LogP contribution in [0, 0.1) is 0 Å². The predicted octanol–water partition coefficient (Wildman–Crippen LogP) is 6.63. The Labute approximate surface area is 188 Å². The topological polar surface area (TPSA) is 61.3 Å². The van der Waals surface area contributed by atoms with Crippen LogP contribution in [-0.4, -0.2) is 22.0 Å². The molecule has 0 saturated heterocycles. The van der Waals surface area contributed by atoms with Crippen LogP contribution in [-0.2, 0) is 0 Å². The second-order valence-corrected chi connectivity index (χ2v) is 8.28. The number of nitrogens with zero attached hydrogens (tertiary/aromatic N) is 2. The van der Waals surface area contributed by atoms with Crippen molar-refractivity contribution in [1.29, 1.82) is 0 Å². The number of carbonyl (C=O) groups is 1. The highest BCUT2D eigenvalue weighted by molar-refractivity contribution is 6.44. The molecule has 1 aliphatic rings. The summed E-state index contributed by atoms with van der Waals surface area (Å²) < 4.78 is 11.9. The molecule has 1 saturated carbocycles. The Balaban J connectivity index is 1.70. The Kier molecular flexibility index (Phi) is 5.38. The van der Waals surface area contributed by atoms with Crippen molar-refractivity contribution in [1.82, 2.24) is 9.97 Å². The van der Waals surface area contributed by atoms with E-state index in [1.54, 1.807) is 36.5 Å². The van der Waals surface area contributed by atoms with Gasteiger partial charge in [-0.05, 0) is 49.9 Å². The van der Waals surface area contributed by atoms with Gasteiger partial charge in [0.2, 0.25) is 5.75 Å². The lowest BCUT2D eigenvalue weighted by Gasteiger charge is -2.19. The van der Waals surface area contributed by atoms with Gasteiger partial charge >= 0.3 is 5.97 Å². The van der Waals surface area contributed by atoms with Crippen LogP contribution in [0.15, 0.2) is 54.7 Å². The molecule has 1 fully saturated rings. The summed E-state index contributed by atoms with van der Waals surface area (Å²) in [4.78, 5) is 21.9. The van der Waals surface area contributed by atoms with E-state index in [1.165, 1.54) is 0 Å². The molecule has 0 atom stereocenters. The van der Waals surface area contributed by atoms with Crippen molar-refractivity contribution in [2.45, 2.75) is 31.8 Å². The van der Waals surface area contributed by atoms with Crippen molar-refractivity contribution in [2.75, 3.05) is 0 Å². The zero-order chi connectivity index (χ0) is 21.4. The third-order valence-electron chi connectivity index (χ3n) is 5.43. The van der Waals surface area contributed by atoms with Crippen LogP contribution in [0.4, 0.5) is 0 Å². The number of aromatic nitrogens is 2. The summed E-state index contributed by atoms with van der Waals surface area (Å²) in [5, 5.41) is 2.05. The average Bonchev–Trinajstić information content (AvgIpc) is 3.30. The van der Waals surface area contributed by atoms with E-state index < -0.39 is 5.97 Å². The SMILES string of the molecule is O=C(Oc1nc2c(c(Cl)cc3cccnc32)c(Cl)c1OC1CCCC1)c1ccccc1. The van der Waals surface area contributed by atoms with Crippen LogP contribution in [0.2, 0.25) is 10.0 Å². The van der Waals surface area contributed by atoms with E-state index in [0.717, 1.165) is 31.1 Å². The zero-order valence-electron chi connectivity index (χ0n) is 16.5. The fraction of sp³-hybridized carbons (Fsp3) is 0.208. The van der Waals surface area contributed by atoms with Gasteiger partial charge in [0.25, 0.3) is 5.88 Å². The van der Waals surface area contributed by atoms with Crippen molar-refractivity contribution >= 4 is 51.0 Å². The third-order valence-corrected chi connectivity index (χ3v) is 6.09. The molecule has 2 aromatic carbocycles. The molecule has 0 unspecified atom stereocenters. The van der Waals surface area contributed by atoms with E-state index >= 15 is 0 Å². The quantitative estimate of drug-likeness (QED) is 0.256. The van der Waals surface area contributed by atoms with Crippen LogP contribution < -0.4 is 9.47 Å². The maximum Gasteiger partial charge on any atom is 0.344 e. The van der Waals surface area contributed by atoms with E-state index in [4.69, 9.17) is 32.7 Å². The van der Waals surface area contributed by atoms with Crippen LogP contribution in [0.3, 0.4) is 0 Å². The van der Waals surface area contributed by atoms with Gasteiger partial charge in [0.15, 0.2) is 0 Å². The lowest BCUT2D eigenvalue weighted by molar-refractivity contribution is 0.0716. The normalized spacial score (nSPS) is 14.3. The molecule has 0 radical (unpaired) electrons. The Bertz CT molecular complexity index is 1290. The average molecular weight is 453 g/mol. The second kappa shape index (κ2) is 8.33. The molecule has 0 bridgehead atoms. The predicted molar refractivity (Wildman–Crippen MR) is 121 cm³/mol. The van der Waals surface area contributed by atoms with Crippen LogP contribution in [0.1, 0.15) is 36.0 Å². The smallest absolute Gasteiger partial charge is 0.344 e. The summed E-state index contributed by atoms with van der Waals surface area (Å²) in [5.74, 6) is -0.283. The van der Waals surface area contributed by atoms with Crippen LogP contribution in [0.25, 0.3) is 21.8 Å². The number of benzene rings is 2. The first kappa shape index (κ1) is 20.0. The molecule has 5 nitrogen and oxygen atoms in total.